The number of hydrogen-bond acceptors (Lipinski definition) is 4. The molecule has 0 saturated carbocycles. The number of nitrogens with one attached hydrogen (secondary N) is 1. The molecule has 1 aromatic heterocycles. The van der Waals surface area contributed by atoms with E-state index in [1.807, 2.05) is 0 Å². The van der Waals surface area contributed by atoms with Crippen molar-refractivity contribution in [1.29, 1.82) is 0 Å². The summed E-state index contributed by atoms with van der Waals surface area (Å²) in [6.45, 7) is 0.497. The average molecular weight is 174 g/mol. The molecule has 1 heterocycles. The van der Waals surface area contributed by atoms with Crippen molar-refractivity contribution in [2.45, 2.75) is 0 Å². The molecule has 0 amide bonds. The van der Waals surface area contributed by atoms with Crippen molar-refractivity contribution in [2.24, 2.45) is 0 Å². The summed E-state index contributed by atoms with van der Waals surface area (Å²) >= 11 is 5.69. The largest absolute Gasteiger partial charge is 0.395 e. The van der Waals surface area contributed by atoms with E-state index in [4.69, 9.17) is 16.7 Å². The molecule has 1 aromatic rings. The first-order valence-electron chi connectivity index (χ1n) is 3.15. The molecule has 0 aromatic carbocycles. The average Bonchev–Trinajstić information content (AvgIpc) is 2.03. The molecule has 0 fully saturated rings. The van der Waals surface area contributed by atoms with Crippen LogP contribution in [0.2, 0.25) is 5.02 Å². The summed E-state index contributed by atoms with van der Waals surface area (Å²) < 4.78 is 0. The Kier molecular flexibility index (Phi) is 3.07. The topological polar surface area (TPSA) is 58.0 Å². The molecule has 0 aliphatic rings. The molecule has 5 heteroatoms. The van der Waals surface area contributed by atoms with Crippen molar-refractivity contribution < 1.29 is 5.11 Å². The maximum Gasteiger partial charge on any atom is 0.148 e. The molecule has 1 rings (SSSR count). The van der Waals surface area contributed by atoms with E-state index in [2.05, 4.69) is 15.3 Å². The van der Waals surface area contributed by atoms with Gasteiger partial charge in [-0.1, -0.05) is 11.6 Å². The first-order chi connectivity index (χ1) is 5.34. The predicted octanol–water partition coefficient (Wildman–Crippen LogP) is 0.534. The third-order valence-electron chi connectivity index (χ3n) is 1.07. The van der Waals surface area contributed by atoms with Gasteiger partial charge < -0.3 is 10.4 Å². The fourth-order valence-electron chi connectivity index (χ4n) is 0.617. The first kappa shape index (κ1) is 8.23. The molecule has 0 atom stereocenters. The predicted molar refractivity (Wildman–Crippen MR) is 42.6 cm³/mol. The lowest BCUT2D eigenvalue weighted by Crippen LogP contribution is -2.07. The van der Waals surface area contributed by atoms with Crippen LogP contribution in [0, 0.1) is 0 Å². The zero-order chi connectivity index (χ0) is 8.10. The van der Waals surface area contributed by atoms with E-state index in [9.17, 15) is 0 Å². The van der Waals surface area contributed by atoms with Crippen LogP contribution in [0.4, 0.5) is 5.82 Å². The van der Waals surface area contributed by atoms with Gasteiger partial charge in [0.1, 0.15) is 17.2 Å². The van der Waals surface area contributed by atoms with Gasteiger partial charge in [0.15, 0.2) is 0 Å². The van der Waals surface area contributed by atoms with Crippen molar-refractivity contribution in [3.8, 4) is 0 Å². The third-order valence-corrected chi connectivity index (χ3v) is 1.35. The van der Waals surface area contributed by atoms with Gasteiger partial charge in [-0.2, -0.15) is 0 Å². The Morgan fingerprint density at radius 3 is 3.09 bits per heavy atom. The molecule has 2 N–H and O–H groups in total. The standard InChI is InChI=1S/C6H8ClN3O/c7-5-3-8-4-10-6(5)9-1-2-11/h3-4,11H,1-2H2,(H,8,9,10). The lowest BCUT2D eigenvalue weighted by atomic mass is 10.5. The molecule has 60 valence electrons. The number of aromatic nitrogens is 2. The number of hydrogen-bond donors (Lipinski definition) is 2. The minimum Gasteiger partial charge on any atom is -0.395 e. The number of aliphatic hydroxyl groups is 1. The van der Waals surface area contributed by atoms with Gasteiger partial charge in [-0.05, 0) is 0 Å². The summed E-state index contributed by atoms with van der Waals surface area (Å²) in [4.78, 5) is 7.56. The van der Waals surface area contributed by atoms with Crippen LogP contribution < -0.4 is 5.32 Å². The van der Waals surface area contributed by atoms with Gasteiger partial charge in [0, 0.05) is 6.54 Å². The van der Waals surface area contributed by atoms with Crippen LogP contribution in [0.25, 0.3) is 0 Å². The highest BCUT2D eigenvalue weighted by molar-refractivity contribution is 6.32. The van der Waals surface area contributed by atoms with Crippen LogP contribution in [0.1, 0.15) is 0 Å². The van der Waals surface area contributed by atoms with E-state index in [-0.39, 0.29) is 6.61 Å². The monoisotopic (exact) mass is 173 g/mol. The number of nitrogens with zero attached hydrogens (tertiary/aromatic N) is 2. The number of aliphatic hydroxyl groups excluding tert-OH is 1. The fraction of sp³-hybridized carbons (Fsp3) is 0.333. The maximum atomic E-state index is 8.47. The Morgan fingerprint density at radius 1 is 1.64 bits per heavy atom. The highest BCUT2D eigenvalue weighted by Gasteiger charge is 1.97. The molecule has 0 saturated heterocycles. The normalized spacial score (nSPS) is 9.64. The number of rotatable bonds is 3. The summed E-state index contributed by atoms with van der Waals surface area (Å²) in [7, 11) is 0. The smallest absolute Gasteiger partial charge is 0.148 e. The molecule has 0 spiro atoms. The molecule has 11 heavy (non-hydrogen) atoms. The van der Waals surface area contributed by atoms with Crippen molar-refractivity contribution >= 4 is 17.4 Å². The number of halogens is 1. The van der Waals surface area contributed by atoms with Crippen LogP contribution >= 0.6 is 11.6 Å². The van der Waals surface area contributed by atoms with Crippen LogP contribution in [0.3, 0.4) is 0 Å². The van der Waals surface area contributed by atoms with E-state index in [0.29, 0.717) is 17.4 Å². The first-order valence-corrected chi connectivity index (χ1v) is 3.52. The third kappa shape index (κ3) is 2.32. The maximum absolute atomic E-state index is 8.47. The van der Waals surface area contributed by atoms with Crippen molar-refractivity contribution in [2.75, 3.05) is 18.5 Å². The SMILES string of the molecule is OCCNc1ncncc1Cl. The Bertz CT molecular complexity index is 231. The van der Waals surface area contributed by atoms with Gasteiger partial charge in [0.05, 0.1) is 12.8 Å². The fourth-order valence-corrected chi connectivity index (χ4v) is 0.789. The summed E-state index contributed by atoms with van der Waals surface area (Å²) in [6.07, 6.45) is 2.89. The summed E-state index contributed by atoms with van der Waals surface area (Å²) in [5.41, 5.74) is 0. The van der Waals surface area contributed by atoms with Gasteiger partial charge in [0.2, 0.25) is 0 Å². The Morgan fingerprint density at radius 2 is 2.45 bits per heavy atom. The van der Waals surface area contributed by atoms with E-state index >= 15 is 0 Å². The molecule has 0 aliphatic carbocycles. The number of anilines is 1. The second kappa shape index (κ2) is 4.10. The zero-order valence-corrected chi connectivity index (χ0v) is 6.54. The summed E-state index contributed by atoms with van der Waals surface area (Å²) in [6, 6.07) is 0. The molecular formula is C6H8ClN3O. The lowest BCUT2D eigenvalue weighted by Gasteiger charge is -2.02. The van der Waals surface area contributed by atoms with Crippen LogP contribution in [-0.4, -0.2) is 28.2 Å². The highest BCUT2D eigenvalue weighted by Crippen LogP contribution is 2.14. The van der Waals surface area contributed by atoms with Crippen molar-refractivity contribution in [1.82, 2.24) is 9.97 Å². The molecule has 0 bridgehead atoms. The van der Waals surface area contributed by atoms with Gasteiger partial charge in [-0.25, -0.2) is 9.97 Å². The van der Waals surface area contributed by atoms with Crippen molar-refractivity contribution in [3.63, 3.8) is 0 Å². The minimum absolute atomic E-state index is 0.0559. The van der Waals surface area contributed by atoms with Gasteiger partial charge >= 0.3 is 0 Å². The second-order valence-electron chi connectivity index (χ2n) is 1.87. The quantitative estimate of drug-likeness (QED) is 0.701. The van der Waals surface area contributed by atoms with E-state index < -0.39 is 0 Å². The van der Waals surface area contributed by atoms with Gasteiger partial charge in [-0.3, -0.25) is 0 Å². The summed E-state index contributed by atoms with van der Waals surface area (Å²) in [5.74, 6) is 0.552. The molecule has 0 radical (unpaired) electrons. The van der Waals surface area contributed by atoms with Crippen LogP contribution in [-0.2, 0) is 0 Å². The molecule has 0 unspecified atom stereocenters. The summed E-state index contributed by atoms with van der Waals surface area (Å²) in [5, 5.41) is 11.8. The van der Waals surface area contributed by atoms with E-state index in [1.165, 1.54) is 12.5 Å². The van der Waals surface area contributed by atoms with Gasteiger partial charge in [-0.15, -0.1) is 0 Å². The minimum atomic E-state index is 0.0559. The van der Waals surface area contributed by atoms with E-state index in [1.54, 1.807) is 0 Å². The molecule has 0 aliphatic heterocycles. The zero-order valence-electron chi connectivity index (χ0n) is 5.79. The van der Waals surface area contributed by atoms with Crippen LogP contribution in [0.5, 0.6) is 0 Å². The molecule has 4 nitrogen and oxygen atoms in total. The van der Waals surface area contributed by atoms with Crippen molar-refractivity contribution in [3.05, 3.63) is 17.5 Å². The van der Waals surface area contributed by atoms with E-state index in [0.717, 1.165) is 0 Å². The Hall–Kier alpha value is -0.870. The highest BCUT2D eigenvalue weighted by atomic mass is 35.5. The lowest BCUT2D eigenvalue weighted by molar-refractivity contribution is 0.311. The second-order valence-corrected chi connectivity index (χ2v) is 2.28. The Labute approximate surface area is 69.2 Å². The Balaban J connectivity index is 2.62. The van der Waals surface area contributed by atoms with Gasteiger partial charge in [0.25, 0.3) is 0 Å². The van der Waals surface area contributed by atoms with Crippen LogP contribution in [0.15, 0.2) is 12.5 Å². The molecular weight excluding hydrogens is 166 g/mol.